The van der Waals surface area contributed by atoms with E-state index in [1.165, 1.54) is 12.1 Å². The van der Waals surface area contributed by atoms with Gasteiger partial charge in [0.25, 0.3) is 0 Å². The van der Waals surface area contributed by atoms with E-state index in [1.54, 1.807) is 24.3 Å². The van der Waals surface area contributed by atoms with E-state index in [1.807, 2.05) is 6.07 Å². The minimum absolute atomic E-state index is 0.0208. The van der Waals surface area contributed by atoms with Crippen molar-refractivity contribution in [3.8, 4) is 11.8 Å². The Morgan fingerprint density at radius 3 is 2.55 bits per heavy atom. The molecule has 0 spiro atoms. The fraction of sp³-hybridized carbons (Fsp3) is 0.0667. The Kier molecular flexibility index (Phi) is 3.96. The molecule has 0 atom stereocenters. The highest BCUT2D eigenvalue weighted by atomic mass is 19.1. The molecular formula is C15H10FNO3. The second-order valence-electron chi connectivity index (χ2n) is 4.02. The Morgan fingerprint density at radius 1 is 1.25 bits per heavy atom. The fourth-order valence-electron chi connectivity index (χ4n) is 1.65. The first-order valence-corrected chi connectivity index (χ1v) is 5.75. The minimum atomic E-state index is -1.25. The van der Waals surface area contributed by atoms with Gasteiger partial charge in [-0.05, 0) is 29.8 Å². The van der Waals surface area contributed by atoms with Crippen LogP contribution in [0.1, 0.15) is 21.5 Å². The number of halogens is 1. The van der Waals surface area contributed by atoms with Crippen LogP contribution in [0, 0.1) is 17.1 Å². The first kappa shape index (κ1) is 13.6. The number of aromatic carboxylic acids is 1. The number of nitrogens with zero attached hydrogens (tertiary/aromatic N) is 1. The van der Waals surface area contributed by atoms with Gasteiger partial charge in [0.15, 0.2) is 11.6 Å². The second kappa shape index (κ2) is 5.85. The van der Waals surface area contributed by atoms with Gasteiger partial charge in [0, 0.05) is 0 Å². The van der Waals surface area contributed by atoms with Crippen molar-refractivity contribution in [1.29, 1.82) is 5.26 Å². The summed E-state index contributed by atoms with van der Waals surface area (Å²) in [5.41, 5.74) is 0.994. The molecule has 2 aromatic rings. The smallest absolute Gasteiger partial charge is 0.339 e. The van der Waals surface area contributed by atoms with Crippen LogP contribution >= 0.6 is 0 Å². The van der Waals surface area contributed by atoms with Crippen molar-refractivity contribution >= 4 is 5.97 Å². The Bertz CT molecular complexity index is 675. The quantitative estimate of drug-likeness (QED) is 0.928. The van der Waals surface area contributed by atoms with Crippen LogP contribution in [-0.2, 0) is 6.61 Å². The van der Waals surface area contributed by atoms with Crippen LogP contribution in [0.2, 0.25) is 0 Å². The highest BCUT2D eigenvalue weighted by Gasteiger charge is 2.15. The van der Waals surface area contributed by atoms with Crippen molar-refractivity contribution < 1.29 is 19.0 Å². The zero-order valence-electron chi connectivity index (χ0n) is 10.3. The summed E-state index contributed by atoms with van der Waals surface area (Å²) in [6.45, 7) is 0.0208. The van der Waals surface area contributed by atoms with Crippen molar-refractivity contribution in [3.05, 3.63) is 65.0 Å². The van der Waals surface area contributed by atoms with Gasteiger partial charge >= 0.3 is 5.97 Å². The molecular weight excluding hydrogens is 261 g/mol. The number of benzene rings is 2. The number of ether oxygens (including phenoxy) is 1. The lowest BCUT2D eigenvalue weighted by molar-refractivity contribution is 0.0690. The number of rotatable bonds is 4. The molecule has 0 heterocycles. The number of carboxylic acids is 1. The summed E-state index contributed by atoms with van der Waals surface area (Å²) in [6.07, 6.45) is 0. The highest BCUT2D eigenvalue weighted by Crippen LogP contribution is 2.23. The van der Waals surface area contributed by atoms with Gasteiger partial charge < -0.3 is 9.84 Å². The molecule has 1 N–H and O–H groups in total. The SMILES string of the molecule is N#Cc1ccc(COc2c(F)cccc2C(=O)O)cc1. The molecule has 2 rings (SSSR count). The number of para-hydroxylation sites is 1. The highest BCUT2D eigenvalue weighted by molar-refractivity contribution is 5.90. The molecule has 0 saturated carbocycles. The van der Waals surface area contributed by atoms with Gasteiger partial charge in [-0.15, -0.1) is 0 Å². The predicted molar refractivity (Wildman–Crippen MR) is 68.8 cm³/mol. The Hall–Kier alpha value is -2.87. The van der Waals surface area contributed by atoms with Gasteiger partial charge in [-0.1, -0.05) is 18.2 Å². The molecule has 0 aliphatic heterocycles. The molecule has 0 aromatic heterocycles. The summed E-state index contributed by atoms with van der Waals surface area (Å²) >= 11 is 0. The predicted octanol–water partition coefficient (Wildman–Crippen LogP) is 2.97. The van der Waals surface area contributed by atoms with E-state index in [0.29, 0.717) is 11.1 Å². The first-order chi connectivity index (χ1) is 9.61. The van der Waals surface area contributed by atoms with Crippen molar-refractivity contribution in [2.24, 2.45) is 0 Å². The summed E-state index contributed by atoms with van der Waals surface area (Å²) < 4.78 is 18.9. The third-order valence-corrected chi connectivity index (χ3v) is 2.66. The van der Waals surface area contributed by atoms with Gasteiger partial charge in [-0.2, -0.15) is 5.26 Å². The van der Waals surface area contributed by atoms with E-state index in [-0.39, 0.29) is 17.9 Å². The average Bonchev–Trinajstić information content (AvgIpc) is 2.46. The molecule has 0 unspecified atom stereocenters. The summed E-state index contributed by atoms with van der Waals surface area (Å²) in [7, 11) is 0. The van der Waals surface area contributed by atoms with Crippen LogP contribution in [0.5, 0.6) is 5.75 Å². The summed E-state index contributed by atoms with van der Waals surface area (Å²) in [4.78, 5) is 11.0. The van der Waals surface area contributed by atoms with Gasteiger partial charge in [0.05, 0.1) is 11.6 Å². The van der Waals surface area contributed by atoms with Crippen LogP contribution in [0.3, 0.4) is 0 Å². The van der Waals surface area contributed by atoms with Crippen LogP contribution in [0.25, 0.3) is 0 Å². The number of hydrogen-bond donors (Lipinski definition) is 1. The molecule has 0 saturated heterocycles. The van der Waals surface area contributed by atoms with Crippen LogP contribution in [-0.4, -0.2) is 11.1 Å². The Balaban J connectivity index is 2.18. The average molecular weight is 271 g/mol. The van der Waals surface area contributed by atoms with E-state index in [4.69, 9.17) is 15.1 Å². The lowest BCUT2D eigenvalue weighted by Gasteiger charge is -2.10. The van der Waals surface area contributed by atoms with Crippen molar-refractivity contribution in [3.63, 3.8) is 0 Å². The van der Waals surface area contributed by atoms with Crippen LogP contribution in [0.4, 0.5) is 4.39 Å². The van der Waals surface area contributed by atoms with E-state index < -0.39 is 11.8 Å². The molecule has 0 aliphatic rings. The number of nitriles is 1. The van der Waals surface area contributed by atoms with E-state index in [2.05, 4.69) is 0 Å². The molecule has 4 nitrogen and oxygen atoms in total. The first-order valence-electron chi connectivity index (χ1n) is 5.75. The zero-order valence-corrected chi connectivity index (χ0v) is 10.3. The molecule has 100 valence electrons. The van der Waals surface area contributed by atoms with E-state index in [0.717, 1.165) is 6.07 Å². The van der Waals surface area contributed by atoms with Gasteiger partial charge in [-0.3, -0.25) is 0 Å². The molecule has 2 aromatic carbocycles. The molecule has 0 fully saturated rings. The minimum Gasteiger partial charge on any atom is -0.485 e. The third-order valence-electron chi connectivity index (χ3n) is 2.66. The fourth-order valence-corrected chi connectivity index (χ4v) is 1.65. The standard InChI is InChI=1S/C15H10FNO3/c16-13-3-1-2-12(15(18)19)14(13)20-9-11-6-4-10(8-17)5-7-11/h1-7H,9H2,(H,18,19). The van der Waals surface area contributed by atoms with Gasteiger partial charge in [0.1, 0.15) is 12.2 Å². The maximum absolute atomic E-state index is 13.6. The Morgan fingerprint density at radius 2 is 1.95 bits per heavy atom. The molecule has 20 heavy (non-hydrogen) atoms. The lowest BCUT2D eigenvalue weighted by atomic mass is 10.1. The molecule has 0 radical (unpaired) electrons. The monoisotopic (exact) mass is 271 g/mol. The maximum atomic E-state index is 13.6. The summed E-state index contributed by atoms with van der Waals surface area (Å²) in [5.74, 6) is -2.26. The summed E-state index contributed by atoms with van der Waals surface area (Å²) in [5, 5.41) is 17.6. The largest absolute Gasteiger partial charge is 0.485 e. The van der Waals surface area contributed by atoms with Crippen molar-refractivity contribution in [1.82, 2.24) is 0 Å². The molecule has 0 amide bonds. The van der Waals surface area contributed by atoms with E-state index >= 15 is 0 Å². The van der Waals surface area contributed by atoms with Crippen LogP contribution < -0.4 is 4.74 Å². The topological polar surface area (TPSA) is 70.3 Å². The van der Waals surface area contributed by atoms with Gasteiger partial charge in [0.2, 0.25) is 0 Å². The van der Waals surface area contributed by atoms with Crippen molar-refractivity contribution in [2.45, 2.75) is 6.61 Å². The molecule has 5 heteroatoms. The number of carboxylic acid groups (broad SMARTS) is 1. The second-order valence-corrected chi connectivity index (χ2v) is 4.02. The number of hydrogen-bond acceptors (Lipinski definition) is 3. The normalized spacial score (nSPS) is 9.80. The van der Waals surface area contributed by atoms with E-state index in [9.17, 15) is 9.18 Å². The maximum Gasteiger partial charge on any atom is 0.339 e. The van der Waals surface area contributed by atoms with Gasteiger partial charge in [-0.25, -0.2) is 9.18 Å². The summed E-state index contributed by atoms with van der Waals surface area (Å²) in [6, 6.07) is 12.3. The third kappa shape index (κ3) is 2.93. The number of carbonyl (C=O) groups is 1. The molecule has 0 aliphatic carbocycles. The lowest BCUT2D eigenvalue weighted by Crippen LogP contribution is -2.05. The van der Waals surface area contributed by atoms with Crippen molar-refractivity contribution in [2.75, 3.05) is 0 Å². The molecule has 0 bridgehead atoms. The van der Waals surface area contributed by atoms with Crippen LogP contribution in [0.15, 0.2) is 42.5 Å². The zero-order chi connectivity index (χ0) is 14.5. The Labute approximate surface area is 114 Å².